The molecule has 0 spiro atoms. The zero-order chi connectivity index (χ0) is 10.2. The van der Waals surface area contributed by atoms with E-state index in [1.807, 2.05) is 18.2 Å². The molecule has 1 aromatic rings. The number of carbonyl (C=O) groups is 1. The number of carbonyl (C=O) groups excluding carboxylic acids is 1. The Morgan fingerprint density at radius 1 is 1.36 bits per heavy atom. The Bertz CT molecular complexity index is 322. The fraction of sp³-hybridized carbons (Fsp3) is 0.250. The smallest absolute Gasteiger partial charge is 0.311 e. The van der Waals surface area contributed by atoms with Gasteiger partial charge in [0.15, 0.2) is 0 Å². The third-order valence-electron chi connectivity index (χ3n) is 1.68. The van der Waals surface area contributed by atoms with Gasteiger partial charge in [-0.3, -0.25) is 4.79 Å². The van der Waals surface area contributed by atoms with E-state index in [2.05, 4.69) is 5.92 Å². The summed E-state index contributed by atoms with van der Waals surface area (Å²) >= 11 is 0. The minimum Gasteiger partial charge on any atom is -0.427 e. The molecule has 0 aliphatic rings. The zero-order valence-electron chi connectivity index (χ0n) is 7.90. The van der Waals surface area contributed by atoms with Gasteiger partial charge in [-0.15, -0.1) is 12.3 Å². The summed E-state index contributed by atoms with van der Waals surface area (Å²) in [5.41, 5.74) is 0. The number of terminal acetylenes is 1. The number of rotatable bonds is 4. The second-order valence-electron chi connectivity index (χ2n) is 2.84. The van der Waals surface area contributed by atoms with E-state index >= 15 is 0 Å². The quantitative estimate of drug-likeness (QED) is 0.314. The van der Waals surface area contributed by atoms with Crippen molar-refractivity contribution in [1.29, 1.82) is 0 Å². The Hall–Kier alpha value is -1.75. The van der Waals surface area contributed by atoms with Crippen molar-refractivity contribution in [2.24, 2.45) is 0 Å². The SMILES string of the molecule is C#CCCCC(=O)Oc1ccccc1. The molecule has 0 saturated heterocycles. The van der Waals surface area contributed by atoms with Crippen molar-refractivity contribution in [3.05, 3.63) is 30.3 Å². The monoisotopic (exact) mass is 188 g/mol. The van der Waals surface area contributed by atoms with E-state index in [1.54, 1.807) is 12.1 Å². The molecule has 1 aromatic carbocycles. The highest BCUT2D eigenvalue weighted by atomic mass is 16.5. The Balaban J connectivity index is 2.32. The Kier molecular flexibility index (Phi) is 4.30. The predicted molar refractivity (Wildman–Crippen MR) is 54.8 cm³/mol. The maximum absolute atomic E-state index is 11.2. The molecule has 0 amide bonds. The molecule has 0 aliphatic heterocycles. The van der Waals surface area contributed by atoms with Crippen molar-refractivity contribution < 1.29 is 9.53 Å². The number of esters is 1. The lowest BCUT2D eigenvalue weighted by Gasteiger charge is -2.02. The van der Waals surface area contributed by atoms with E-state index in [4.69, 9.17) is 11.2 Å². The van der Waals surface area contributed by atoms with Gasteiger partial charge in [0.25, 0.3) is 0 Å². The third-order valence-corrected chi connectivity index (χ3v) is 1.68. The zero-order valence-corrected chi connectivity index (χ0v) is 7.90. The van der Waals surface area contributed by atoms with Gasteiger partial charge in [-0.1, -0.05) is 18.2 Å². The lowest BCUT2D eigenvalue weighted by Crippen LogP contribution is -2.07. The van der Waals surface area contributed by atoms with Crippen LogP contribution in [0.1, 0.15) is 19.3 Å². The summed E-state index contributed by atoms with van der Waals surface area (Å²) in [5, 5.41) is 0. The fourth-order valence-electron chi connectivity index (χ4n) is 1.01. The number of ether oxygens (including phenoxy) is 1. The maximum atomic E-state index is 11.2. The lowest BCUT2D eigenvalue weighted by atomic mass is 10.2. The summed E-state index contributed by atoms with van der Waals surface area (Å²) in [4.78, 5) is 11.2. The summed E-state index contributed by atoms with van der Waals surface area (Å²) in [6, 6.07) is 9.02. The van der Waals surface area contributed by atoms with Gasteiger partial charge in [-0.2, -0.15) is 0 Å². The van der Waals surface area contributed by atoms with Crippen molar-refractivity contribution in [2.75, 3.05) is 0 Å². The topological polar surface area (TPSA) is 26.3 Å². The maximum Gasteiger partial charge on any atom is 0.311 e. The van der Waals surface area contributed by atoms with Gasteiger partial charge in [0.1, 0.15) is 5.75 Å². The van der Waals surface area contributed by atoms with Gasteiger partial charge < -0.3 is 4.74 Å². The molecule has 0 saturated carbocycles. The van der Waals surface area contributed by atoms with Gasteiger partial charge in [0, 0.05) is 12.8 Å². The summed E-state index contributed by atoms with van der Waals surface area (Å²) in [6.45, 7) is 0. The summed E-state index contributed by atoms with van der Waals surface area (Å²) in [6.07, 6.45) is 6.74. The Morgan fingerprint density at radius 3 is 2.71 bits per heavy atom. The minimum absolute atomic E-state index is 0.230. The van der Waals surface area contributed by atoms with E-state index in [-0.39, 0.29) is 5.97 Å². The van der Waals surface area contributed by atoms with E-state index in [0.29, 0.717) is 25.0 Å². The van der Waals surface area contributed by atoms with Crippen LogP contribution < -0.4 is 4.74 Å². The predicted octanol–water partition coefficient (Wildman–Crippen LogP) is 2.40. The number of benzene rings is 1. The van der Waals surface area contributed by atoms with Gasteiger partial charge in [0.2, 0.25) is 0 Å². The highest BCUT2D eigenvalue weighted by Crippen LogP contribution is 2.09. The first kappa shape index (κ1) is 10.3. The molecule has 0 aliphatic carbocycles. The van der Waals surface area contributed by atoms with Crippen LogP contribution in [0.25, 0.3) is 0 Å². The van der Waals surface area contributed by atoms with Crippen LogP contribution in [0.5, 0.6) is 5.75 Å². The summed E-state index contributed by atoms with van der Waals surface area (Å²) in [5.74, 6) is 2.83. The molecule has 0 bridgehead atoms. The van der Waals surface area contributed by atoms with Crippen LogP contribution in [0.15, 0.2) is 30.3 Å². The second kappa shape index (κ2) is 5.82. The molecule has 72 valence electrons. The van der Waals surface area contributed by atoms with Crippen LogP contribution in [0.4, 0.5) is 0 Å². The van der Waals surface area contributed by atoms with Crippen molar-refractivity contribution in [3.8, 4) is 18.1 Å². The first-order valence-electron chi connectivity index (χ1n) is 4.52. The molecular weight excluding hydrogens is 176 g/mol. The standard InChI is InChI=1S/C12H12O2/c1-2-3-5-10-12(13)14-11-8-6-4-7-9-11/h1,4,6-9H,3,5,10H2. The van der Waals surface area contributed by atoms with Crippen LogP contribution in [-0.4, -0.2) is 5.97 Å². The molecule has 0 atom stereocenters. The van der Waals surface area contributed by atoms with E-state index in [1.165, 1.54) is 0 Å². The highest BCUT2D eigenvalue weighted by Gasteiger charge is 2.02. The van der Waals surface area contributed by atoms with E-state index in [9.17, 15) is 4.79 Å². The molecule has 14 heavy (non-hydrogen) atoms. The molecule has 0 N–H and O–H groups in total. The molecule has 0 fully saturated rings. The van der Waals surface area contributed by atoms with Crippen LogP contribution >= 0.6 is 0 Å². The lowest BCUT2D eigenvalue weighted by molar-refractivity contribution is -0.134. The van der Waals surface area contributed by atoms with Crippen molar-refractivity contribution in [3.63, 3.8) is 0 Å². The first-order chi connectivity index (χ1) is 6.83. The molecule has 0 aromatic heterocycles. The highest BCUT2D eigenvalue weighted by molar-refractivity contribution is 5.72. The number of hydrogen-bond donors (Lipinski definition) is 0. The summed E-state index contributed by atoms with van der Waals surface area (Å²) in [7, 11) is 0. The molecule has 1 rings (SSSR count). The largest absolute Gasteiger partial charge is 0.427 e. The Labute approximate surface area is 83.9 Å². The molecule has 2 heteroatoms. The van der Waals surface area contributed by atoms with Crippen molar-refractivity contribution >= 4 is 5.97 Å². The average molecular weight is 188 g/mol. The number of unbranched alkanes of at least 4 members (excludes halogenated alkanes) is 1. The van der Waals surface area contributed by atoms with Crippen LogP contribution in [-0.2, 0) is 4.79 Å². The molecule has 0 radical (unpaired) electrons. The summed E-state index contributed by atoms with van der Waals surface area (Å²) < 4.78 is 5.05. The minimum atomic E-state index is -0.230. The van der Waals surface area contributed by atoms with Crippen LogP contribution in [0.2, 0.25) is 0 Å². The van der Waals surface area contributed by atoms with Gasteiger partial charge >= 0.3 is 5.97 Å². The molecule has 0 heterocycles. The fourth-order valence-corrected chi connectivity index (χ4v) is 1.01. The van der Waals surface area contributed by atoms with Crippen LogP contribution in [0, 0.1) is 12.3 Å². The van der Waals surface area contributed by atoms with Crippen molar-refractivity contribution in [2.45, 2.75) is 19.3 Å². The van der Waals surface area contributed by atoms with Crippen molar-refractivity contribution in [1.82, 2.24) is 0 Å². The van der Waals surface area contributed by atoms with Gasteiger partial charge in [-0.25, -0.2) is 0 Å². The third kappa shape index (κ3) is 3.77. The molecule has 2 nitrogen and oxygen atoms in total. The normalized spacial score (nSPS) is 9.07. The van der Waals surface area contributed by atoms with Gasteiger partial charge in [-0.05, 0) is 18.6 Å². The number of hydrogen-bond acceptors (Lipinski definition) is 2. The van der Waals surface area contributed by atoms with Crippen LogP contribution in [0.3, 0.4) is 0 Å². The van der Waals surface area contributed by atoms with Gasteiger partial charge in [0.05, 0.1) is 0 Å². The first-order valence-corrected chi connectivity index (χ1v) is 4.52. The Morgan fingerprint density at radius 2 is 2.07 bits per heavy atom. The van der Waals surface area contributed by atoms with E-state index in [0.717, 1.165) is 0 Å². The average Bonchev–Trinajstić information content (AvgIpc) is 2.20. The number of para-hydroxylation sites is 1. The molecular formula is C12H12O2. The second-order valence-corrected chi connectivity index (χ2v) is 2.84. The molecule has 0 unspecified atom stereocenters. The van der Waals surface area contributed by atoms with E-state index < -0.39 is 0 Å².